The average Bonchev–Trinajstić information content (AvgIpc) is 3.14. The monoisotopic (exact) mass is 493 g/mol. The summed E-state index contributed by atoms with van der Waals surface area (Å²) in [6, 6.07) is 23.0. The fourth-order valence-corrected chi connectivity index (χ4v) is 5.58. The number of carbonyl (C=O) groups is 1. The van der Waals surface area contributed by atoms with Crippen molar-refractivity contribution in [2.24, 2.45) is 0 Å². The predicted octanol–water partition coefficient (Wildman–Crippen LogP) is 6.74. The second-order valence-corrected chi connectivity index (χ2v) is 9.76. The maximum Gasteiger partial charge on any atom is 0.251 e. The molecular formula is C32H31NO4. The van der Waals surface area contributed by atoms with Gasteiger partial charge < -0.3 is 14.9 Å². The van der Waals surface area contributed by atoms with Crippen LogP contribution in [0.5, 0.6) is 17.2 Å². The normalized spacial score (nSPS) is 14.1. The van der Waals surface area contributed by atoms with Gasteiger partial charge in [0.1, 0.15) is 22.7 Å². The van der Waals surface area contributed by atoms with Crippen LogP contribution in [0.2, 0.25) is 0 Å². The van der Waals surface area contributed by atoms with E-state index in [1.807, 2.05) is 107 Å². The van der Waals surface area contributed by atoms with Gasteiger partial charge in [-0.15, -0.1) is 0 Å². The Bertz CT molecular complexity index is 1430. The number of hydrogen-bond acceptors (Lipinski definition) is 4. The number of aromatic hydroxyl groups is 2. The van der Waals surface area contributed by atoms with Crippen molar-refractivity contribution in [1.29, 1.82) is 0 Å². The first-order valence-corrected chi connectivity index (χ1v) is 12.5. The minimum atomic E-state index is -1.19. The third-order valence-corrected chi connectivity index (χ3v) is 7.31. The van der Waals surface area contributed by atoms with Gasteiger partial charge in [-0.3, -0.25) is 9.69 Å². The zero-order valence-electron chi connectivity index (χ0n) is 21.8. The van der Waals surface area contributed by atoms with E-state index in [1.165, 1.54) is 0 Å². The summed E-state index contributed by atoms with van der Waals surface area (Å²) in [6.45, 7) is 9.85. The molecule has 1 amide bonds. The zero-order valence-corrected chi connectivity index (χ0v) is 21.8. The number of rotatable bonds is 5. The molecule has 5 heteroatoms. The van der Waals surface area contributed by atoms with E-state index >= 15 is 0 Å². The molecule has 5 rings (SSSR count). The van der Waals surface area contributed by atoms with Crippen molar-refractivity contribution in [3.8, 4) is 17.2 Å². The highest BCUT2D eigenvalue weighted by Gasteiger charge is 2.54. The van der Waals surface area contributed by atoms with Gasteiger partial charge >= 0.3 is 0 Å². The number of aryl methyl sites for hydroxylation is 4. The molecule has 2 N–H and O–H groups in total. The van der Waals surface area contributed by atoms with Gasteiger partial charge in [-0.1, -0.05) is 48.5 Å². The van der Waals surface area contributed by atoms with Crippen LogP contribution in [-0.2, 0) is 10.2 Å². The van der Waals surface area contributed by atoms with E-state index in [4.69, 9.17) is 4.74 Å². The van der Waals surface area contributed by atoms with Gasteiger partial charge in [0.15, 0.2) is 0 Å². The lowest BCUT2D eigenvalue weighted by molar-refractivity contribution is -0.120. The van der Waals surface area contributed by atoms with Crippen molar-refractivity contribution >= 4 is 17.3 Å². The number of nitrogens with zero attached hydrogens (tertiary/aromatic N) is 1. The van der Waals surface area contributed by atoms with E-state index < -0.39 is 5.41 Å². The highest BCUT2D eigenvalue weighted by Crippen LogP contribution is 2.54. The quantitative estimate of drug-likeness (QED) is 0.323. The molecule has 4 aromatic carbocycles. The molecule has 1 aliphatic rings. The van der Waals surface area contributed by atoms with Crippen molar-refractivity contribution < 1.29 is 19.7 Å². The maximum absolute atomic E-state index is 14.9. The lowest BCUT2D eigenvalue weighted by Gasteiger charge is -2.32. The molecule has 0 radical (unpaired) electrons. The van der Waals surface area contributed by atoms with Crippen LogP contribution >= 0.6 is 0 Å². The Labute approximate surface area is 217 Å². The number of amides is 1. The Hall–Kier alpha value is -4.25. The van der Waals surface area contributed by atoms with Gasteiger partial charge in [-0.2, -0.15) is 0 Å². The third-order valence-electron chi connectivity index (χ3n) is 7.31. The largest absolute Gasteiger partial charge is 0.507 e. The Kier molecular flexibility index (Phi) is 5.95. The third kappa shape index (κ3) is 3.65. The molecule has 5 nitrogen and oxygen atoms in total. The maximum atomic E-state index is 14.9. The van der Waals surface area contributed by atoms with Crippen molar-refractivity contribution in [2.45, 2.75) is 40.0 Å². The Balaban J connectivity index is 1.88. The number of hydrogen-bond donors (Lipinski definition) is 2. The molecule has 0 saturated heterocycles. The molecule has 0 saturated carbocycles. The smallest absolute Gasteiger partial charge is 0.251 e. The Morgan fingerprint density at radius 2 is 1.30 bits per heavy atom. The van der Waals surface area contributed by atoms with E-state index in [0.29, 0.717) is 40.3 Å². The molecule has 188 valence electrons. The first-order valence-electron chi connectivity index (χ1n) is 12.5. The molecule has 0 aliphatic carbocycles. The topological polar surface area (TPSA) is 70.0 Å². The molecule has 0 spiro atoms. The lowest BCUT2D eigenvalue weighted by atomic mass is 9.69. The fourth-order valence-electron chi connectivity index (χ4n) is 5.58. The number of phenols is 2. The van der Waals surface area contributed by atoms with Crippen LogP contribution in [0.25, 0.3) is 0 Å². The molecule has 4 aromatic rings. The average molecular weight is 494 g/mol. The number of benzene rings is 4. The summed E-state index contributed by atoms with van der Waals surface area (Å²) < 4.78 is 5.75. The summed E-state index contributed by atoms with van der Waals surface area (Å²) in [6.07, 6.45) is 0. The van der Waals surface area contributed by atoms with Gasteiger partial charge in [0, 0.05) is 11.6 Å². The Morgan fingerprint density at radius 1 is 0.757 bits per heavy atom. The number of phenolic OH excluding ortho intramolecular Hbond substituents is 2. The first kappa shape index (κ1) is 24.4. The summed E-state index contributed by atoms with van der Waals surface area (Å²) >= 11 is 0. The van der Waals surface area contributed by atoms with Crippen LogP contribution in [0.15, 0.2) is 72.8 Å². The van der Waals surface area contributed by atoms with Gasteiger partial charge in [-0.05, 0) is 86.2 Å². The number of para-hydroxylation sites is 1. The summed E-state index contributed by atoms with van der Waals surface area (Å²) in [5, 5.41) is 21.2. The van der Waals surface area contributed by atoms with Crippen LogP contribution in [0.4, 0.5) is 11.4 Å². The summed E-state index contributed by atoms with van der Waals surface area (Å²) in [4.78, 5) is 16.7. The number of carbonyl (C=O) groups excluding carboxylic acids is 1. The van der Waals surface area contributed by atoms with Crippen LogP contribution in [0.1, 0.15) is 45.9 Å². The van der Waals surface area contributed by atoms with Gasteiger partial charge in [0.05, 0.1) is 18.0 Å². The van der Waals surface area contributed by atoms with Crippen molar-refractivity contribution in [3.63, 3.8) is 0 Å². The highest BCUT2D eigenvalue weighted by molar-refractivity contribution is 6.17. The molecule has 0 aromatic heterocycles. The van der Waals surface area contributed by atoms with E-state index in [2.05, 4.69) is 0 Å². The van der Waals surface area contributed by atoms with Crippen LogP contribution in [-0.4, -0.2) is 22.7 Å². The van der Waals surface area contributed by atoms with Crippen molar-refractivity contribution in [2.75, 3.05) is 11.5 Å². The summed E-state index contributed by atoms with van der Waals surface area (Å²) in [7, 11) is 0. The Morgan fingerprint density at radius 3 is 1.84 bits per heavy atom. The summed E-state index contributed by atoms with van der Waals surface area (Å²) in [5.74, 6) is 1.00. The van der Waals surface area contributed by atoms with Gasteiger partial charge in [0.2, 0.25) is 0 Å². The van der Waals surface area contributed by atoms with Gasteiger partial charge in [0.25, 0.3) is 5.91 Å². The van der Waals surface area contributed by atoms with Crippen LogP contribution < -0.4 is 9.64 Å². The van der Waals surface area contributed by atoms with E-state index in [-0.39, 0.29) is 17.4 Å². The molecule has 0 bridgehead atoms. The van der Waals surface area contributed by atoms with Crippen LogP contribution in [0, 0.1) is 27.7 Å². The molecule has 0 unspecified atom stereocenters. The zero-order chi connectivity index (χ0) is 26.5. The van der Waals surface area contributed by atoms with E-state index in [9.17, 15) is 15.0 Å². The highest BCUT2D eigenvalue weighted by atomic mass is 16.5. The minimum Gasteiger partial charge on any atom is -0.507 e. The molecule has 1 heterocycles. The molecule has 0 atom stereocenters. The first-order chi connectivity index (χ1) is 17.7. The standard InChI is InChI=1S/C32H31NO4/c1-6-37-26-11-9-10-25(18-26)33-28-13-8-7-12-27(28)32(31(33)36,23-14-19(2)29(34)20(3)15-23)24-16-21(4)30(35)22(5)17-24/h7-18,34-35H,6H2,1-5H3. The molecular weight excluding hydrogens is 462 g/mol. The summed E-state index contributed by atoms with van der Waals surface area (Å²) in [5.41, 5.74) is 5.48. The molecule has 1 aliphatic heterocycles. The van der Waals surface area contributed by atoms with Crippen molar-refractivity contribution in [1.82, 2.24) is 0 Å². The minimum absolute atomic E-state index is 0.128. The van der Waals surface area contributed by atoms with E-state index in [1.54, 1.807) is 4.90 Å². The fraction of sp³-hybridized carbons (Fsp3) is 0.219. The van der Waals surface area contributed by atoms with Crippen LogP contribution in [0.3, 0.4) is 0 Å². The molecule has 0 fully saturated rings. The number of fused-ring (bicyclic) bond motifs is 1. The molecule has 37 heavy (non-hydrogen) atoms. The SMILES string of the molecule is CCOc1cccc(N2C(=O)C(c3cc(C)c(O)c(C)c3)(c3cc(C)c(O)c(C)c3)c3ccccc32)c1. The second-order valence-electron chi connectivity index (χ2n) is 9.76. The lowest BCUT2D eigenvalue weighted by Crippen LogP contribution is -2.40. The number of anilines is 2. The van der Waals surface area contributed by atoms with Gasteiger partial charge in [-0.25, -0.2) is 0 Å². The predicted molar refractivity (Wildman–Crippen MR) is 146 cm³/mol. The number of ether oxygens (including phenoxy) is 1. The van der Waals surface area contributed by atoms with E-state index in [0.717, 1.165) is 22.4 Å². The van der Waals surface area contributed by atoms with Crippen molar-refractivity contribution in [3.05, 3.63) is 112 Å². The second kappa shape index (κ2) is 9.00.